The molecule has 1 rings (SSSR count). The van der Waals surface area contributed by atoms with E-state index in [-0.39, 0.29) is 12.4 Å². The lowest BCUT2D eigenvalue weighted by molar-refractivity contribution is 0.0345. The number of halogens is 1. The Morgan fingerprint density at radius 1 is 1.27 bits per heavy atom. The zero-order valence-electron chi connectivity index (χ0n) is 9.87. The van der Waals surface area contributed by atoms with Crippen LogP contribution in [0.2, 0.25) is 0 Å². The molecule has 0 saturated carbocycles. The molecule has 5 heteroatoms. The predicted molar refractivity (Wildman–Crippen MR) is 65.9 cm³/mol. The predicted octanol–water partition coefficient (Wildman–Crippen LogP) is -0.108. The third kappa shape index (κ3) is 7.09. The van der Waals surface area contributed by atoms with Crippen molar-refractivity contribution in [1.29, 1.82) is 0 Å². The fourth-order valence-corrected chi connectivity index (χ4v) is 1.55. The monoisotopic (exact) mass is 237 g/mol. The molecule has 1 aliphatic rings. The smallest absolute Gasteiger partial charge is 0.0594 e. The van der Waals surface area contributed by atoms with Crippen LogP contribution in [-0.4, -0.2) is 76.4 Å². The minimum atomic E-state index is 0. The second kappa shape index (κ2) is 9.36. The van der Waals surface area contributed by atoms with Crippen molar-refractivity contribution in [3.05, 3.63) is 0 Å². The Morgan fingerprint density at radius 2 is 1.93 bits per heavy atom. The first-order chi connectivity index (χ1) is 6.83. The lowest BCUT2D eigenvalue weighted by atomic mass is 10.4. The summed E-state index contributed by atoms with van der Waals surface area (Å²) in [4.78, 5) is 4.84. The summed E-state index contributed by atoms with van der Waals surface area (Å²) in [5.41, 5.74) is 0. The van der Waals surface area contributed by atoms with E-state index >= 15 is 0 Å². The molecule has 0 bridgehead atoms. The van der Waals surface area contributed by atoms with Crippen molar-refractivity contribution < 1.29 is 4.74 Å². The van der Waals surface area contributed by atoms with Crippen LogP contribution < -0.4 is 5.32 Å². The highest BCUT2D eigenvalue weighted by molar-refractivity contribution is 5.85. The summed E-state index contributed by atoms with van der Waals surface area (Å²) >= 11 is 0. The lowest BCUT2D eigenvalue weighted by Crippen LogP contribution is -2.41. The SMILES string of the molecule is CNCCN(C)CCN1CCOCC1.Cl. The molecule has 1 saturated heterocycles. The van der Waals surface area contributed by atoms with Crippen LogP contribution in [0.3, 0.4) is 0 Å². The van der Waals surface area contributed by atoms with Crippen LogP contribution in [0.25, 0.3) is 0 Å². The second-order valence-electron chi connectivity index (χ2n) is 3.86. The Balaban J connectivity index is 0.00000196. The Kier molecular flexibility index (Phi) is 9.44. The van der Waals surface area contributed by atoms with Crippen molar-refractivity contribution in [2.75, 3.05) is 66.6 Å². The van der Waals surface area contributed by atoms with Crippen molar-refractivity contribution in [3.8, 4) is 0 Å². The second-order valence-corrected chi connectivity index (χ2v) is 3.86. The number of nitrogens with zero attached hydrogens (tertiary/aromatic N) is 2. The Hall–Kier alpha value is 0.130. The average Bonchev–Trinajstić information content (AvgIpc) is 2.25. The summed E-state index contributed by atoms with van der Waals surface area (Å²) in [6.45, 7) is 8.52. The standard InChI is InChI=1S/C10H23N3O.ClH/c1-11-3-4-12(2)5-6-13-7-9-14-10-8-13;/h11H,3-10H2,1-2H3;1H. The van der Waals surface area contributed by atoms with E-state index in [1.165, 1.54) is 6.54 Å². The molecule has 0 radical (unpaired) electrons. The van der Waals surface area contributed by atoms with E-state index in [0.29, 0.717) is 0 Å². The summed E-state index contributed by atoms with van der Waals surface area (Å²) in [6, 6.07) is 0. The van der Waals surface area contributed by atoms with Crippen LogP contribution in [0.5, 0.6) is 0 Å². The van der Waals surface area contributed by atoms with Gasteiger partial charge in [-0.1, -0.05) is 0 Å². The maximum Gasteiger partial charge on any atom is 0.0594 e. The number of hydrogen-bond donors (Lipinski definition) is 1. The fraction of sp³-hybridized carbons (Fsp3) is 1.00. The minimum absolute atomic E-state index is 0. The van der Waals surface area contributed by atoms with Gasteiger partial charge in [-0.15, -0.1) is 12.4 Å². The topological polar surface area (TPSA) is 27.7 Å². The van der Waals surface area contributed by atoms with Crippen molar-refractivity contribution in [3.63, 3.8) is 0 Å². The number of ether oxygens (including phenoxy) is 1. The molecule has 0 aromatic heterocycles. The van der Waals surface area contributed by atoms with Crippen molar-refractivity contribution in [2.24, 2.45) is 0 Å². The van der Waals surface area contributed by atoms with Gasteiger partial charge in [-0.05, 0) is 14.1 Å². The number of hydrogen-bond acceptors (Lipinski definition) is 4. The molecule has 1 N–H and O–H groups in total. The first-order valence-electron chi connectivity index (χ1n) is 5.46. The van der Waals surface area contributed by atoms with Gasteiger partial charge in [0.05, 0.1) is 13.2 Å². The van der Waals surface area contributed by atoms with E-state index in [1.807, 2.05) is 7.05 Å². The maximum atomic E-state index is 5.31. The van der Waals surface area contributed by atoms with E-state index in [1.54, 1.807) is 0 Å². The molecule has 1 fully saturated rings. The quantitative estimate of drug-likeness (QED) is 0.698. The summed E-state index contributed by atoms with van der Waals surface area (Å²) in [5.74, 6) is 0. The van der Waals surface area contributed by atoms with E-state index in [4.69, 9.17) is 4.74 Å². The summed E-state index contributed by atoms with van der Waals surface area (Å²) in [6.07, 6.45) is 0. The highest BCUT2D eigenvalue weighted by Gasteiger charge is 2.10. The van der Waals surface area contributed by atoms with E-state index in [0.717, 1.165) is 45.9 Å². The van der Waals surface area contributed by atoms with Crippen molar-refractivity contribution >= 4 is 12.4 Å². The molecule has 0 aromatic rings. The minimum Gasteiger partial charge on any atom is -0.379 e. The van der Waals surface area contributed by atoms with Crippen molar-refractivity contribution in [1.82, 2.24) is 15.1 Å². The molecule has 1 heterocycles. The Bertz CT molecular complexity index is 143. The van der Waals surface area contributed by atoms with E-state index in [2.05, 4.69) is 22.2 Å². The Labute approximate surface area is 99.4 Å². The van der Waals surface area contributed by atoms with Gasteiger partial charge in [0.25, 0.3) is 0 Å². The van der Waals surface area contributed by atoms with Crippen LogP contribution in [0, 0.1) is 0 Å². The van der Waals surface area contributed by atoms with E-state index < -0.39 is 0 Å². The lowest BCUT2D eigenvalue weighted by Gasteiger charge is -2.28. The van der Waals surface area contributed by atoms with Gasteiger partial charge in [0.15, 0.2) is 0 Å². The van der Waals surface area contributed by atoms with Crippen LogP contribution in [0.4, 0.5) is 0 Å². The number of nitrogens with one attached hydrogen (secondary N) is 1. The molecule has 4 nitrogen and oxygen atoms in total. The van der Waals surface area contributed by atoms with Gasteiger partial charge < -0.3 is 15.0 Å². The van der Waals surface area contributed by atoms with Gasteiger partial charge in [-0.25, -0.2) is 0 Å². The van der Waals surface area contributed by atoms with Gasteiger partial charge in [0.1, 0.15) is 0 Å². The third-order valence-electron chi connectivity index (χ3n) is 2.65. The van der Waals surface area contributed by atoms with Gasteiger partial charge in [-0.3, -0.25) is 4.90 Å². The Morgan fingerprint density at radius 3 is 2.53 bits per heavy atom. The highest BCUT2D eigenvalue weighted by atomic mass is 35.5. The molecule has 15 heavy (non-hydrogen) atoms. The molecule has 92 valence electrons. The summed E-state index contributed by atoms with van der Waals surface area (Å²) in [5, 5.41) is 3.16. The molecule has 0 amide bonds. The molecule has 0 aromatic carbocycles. The number of likely N-dealkylation sites (N-methyl/N-ethyl adjacent to an activating group) is 2. The zero-order valence-corrected chi connectivity index (χ0v) is 10.7. The first-order valence-corrected chi connectivity index (χ1v) is 5.46. The molecule has 0 unspecified atom stereocenters. The van der Waals surface area contributed by atoms with Crippen molar-refractivity contribution in [2.45, 2.75) is 0 Å². The van der Waals surface area contributed by atoms with E-state index in [9.17, 15) is 0 Å². The third-order valence-corrected chi connectivity index (χ3v) is 2.65. The van der Waals surface area contributed by atoms with Gasteiger partial charge in [0, 0.05) is 39.3 Å². The molecule has 0 spiro atoms. The highest BCUT2D eigenvalue weighted by Crippen LogP contribution is 1.96. The summed E-state index contributed by atoms with van der Waals surface area (Å²) in [7, 11) is 4.17. The largest absolute Gasteiger partial charge is 0.379 e. The average molecular weight is 238 g/mol. The molecule has 0 atom stereocenters. The van der Waals surface area contributed by atoms with Crippen LogP contribution >= 0.6 is 12.4 Å². The van der Waals surface area contributed by atoms with Gasteiger partial charge in [0.2, 0.25) is 0 Å². The molecule has 1 aliphatic heterocycles. The van der Waals surface area contributed by atoms with Gasteiger partial charge in [-0.2, -0.15) is 0 Å². The maximum absolute atomic E-state index is 5.31. The number of morpholine rings is 1. The van der Waals surface area contributed by atoms with Crippen LogP contribution in [-0.2, 0) is 4.74 Å². The first kappa shape index (κ1) is 15.1. The van der Waals surface area contributed by atoms with Gasteiger partial charge >= 0.3 is 0 Å². The molecular formula is C10H24ClN3O. The van der Waals surface area contributed by atoms with Crippen LogP contribution in [0.1, 0.15) is 0 Å². The fourth-order valence-electron chi connectivity index (χ4n) is 1.55. The normalized spacial score (nSPS) is 17.8. The zero-order chi connectivity index (χ0) is 10.2. The molecule has 0 aliphatic carbocycles. The number of rotatable bonds is 6. The van der Waals surface area contributed by atoms with Crippen LogP contribution in [0.15, 0.2) is 0 Å². The summed E-state index contributed by atoms with van der Waals surface area (Å²) < 4.78 is 5.31. The molecular weight excluding hydrogens is 214 g/mol.